The second kappa shape index (κ2) is 2.27. The second-order valence-corrected chi connectivity index (χ2v) is 4.36. The molecule has 0 aromatic carbocycles. The zero-order chi connectivity index (χ0) is 8.86. The maximum absolute atomic E-state index is 10.8. The van der Waals surface area contributed by atoms with Crippen LogP contribution in [-0.4, -0.2) is 15.4 Å². The lowest BCUT2D eigenvalue weighted by molar-refractivity contribution is -0.144. The normalized spacial score (nSPS) is 40.2. The van der Waals surface area contributed by atoms with E-state index in [1.807, 2.05) is 0 Å². The van der Waals surface area contributed by atoms with Crippen molar-refractivity contribution in [3.05, 3.63) is 0 Å². The number of alkyl halides is 2. The van der Waals surface area contributed by atoms with Crippen LogP contribution in [0.2, 0.25) is 0 Å². The Morgan fingerprint density at radius 2 is 2.00 bits per heavy atom. The van der Waals surface area contributed by atoms with E-state index in [0.29, 0.717) is 6.42 Å². The van der Waals surface area contributed by atoms with Gasteiger partial charge in [0.15, 0.2) is 0 Å². The molecule has 1 rings (SSSR count). The van der Waals surface area contributed by atoms with Gasteiger partial charge in [0.25, 0.3) is 0 Å². The van der Waals surface area contributed by atoms with Gasteiger partial charge in [0.2, 0.25) is 0 Å². The number of hydrogen-bond donors (Lipinski definition) is 1. The van der Waals surface area contributed by atoms with Crippen LogP contribution in [0.15, 0.2) is 0 Å². The Balaban J connectivity index is 2.93. The molecular weight excluding hydrogens is 187 g/mol. The van der Waals surface area contributed by atoms with Crippen molar-refractivity contribution < 1.29 is 9.90 Å². The largest absolute Gasteiger partial charge is 0.481 e. The highest BCUT2D eigenvalue weighted by atomic mass is 35.5. The van der Waals surface area contributed by atoms with Crippen LogP contribution in [0.1, 0.15) is 20.3 Å². The van der Waals surface area contributed by atoms with E-state index in [4.69, 9.17) is 28.3 Å². The summed E-state index contributed by atoms with van der Waals surface area (Å²) >= 11 is 11.6. The Kier molecular flexibility index (Phi) is 1.88. The molecule has 0 bridgehead atoms. The molecule has 64 valence electrons. The molecule has 11 heavy (non-hydrogen) atoms. The van der Waals surface area contributed by atoms with Crippen molar-refractivity contribution in [2.24, 2.45) is 11.3 Å². The molecule has 1 N–H and O–H groups in total. The predicted molar refractivity (Wildman–Crippen MR) is 44.0 cm³/mol. The average molecular weight is 197 g/mol. The lowest BCUT2D eigenvalue weighted by Gasteiger charge is -2.08. The first-order chi connectivity index (χ1) is 4.91. The number of halogens is 2. The number of aliphatic carboxylic acids is 1. The van der Waals surface area contributed by atoms with Crippen LogP contribution in [0, 0.1) is 11.3 Å². The molecule has 0 radical (unpaired) electrons. The first-order valence-electron chi connectivity index (χ1n) is 3.52. The average Bonchev–Trinajstić information content (AvgIpc) is 2.30. The van der Waals surface area contributed by atoms with E-state index in [1.54, 1.807) is 13.8 Å². The van der Waals surface area contributed by atoms with Crippen molar-refractivity contribution in [2.45, 2.75) is 24.6 Å². The molecule has 2 nitrogen and oxygen atoms in total. The van der Waals surface area contributed by atoms with E-state index >= 15 is 0 Å². The molecule has 0 unspecified atom stereocenters. The molecule has 0 saturated heterocycles. The summed E-state index contributed by atoms with van der Waals surface area (Å²) in [6.45, 7) is 3.55. The van der Waals surface area contributed by atoms with Crippen molar-refractivity contribution in [3.8, 4) is 0 Å². The number of carboxylic acids is 1. The summed E-state index contributed by atoms with van der Waals surface area (Å²) < 4.78 is -1.06. The summed E-state index contributed by atoms with van der Waals surface area (Å²) in [6, 6.07) is 0. The van der Waals surface area contributed by atoms with Gasteiger partial charge in [-0.1, -0.05) is 13.8 Å². The highest BCUT2D eigenvalue weighted by molar-refractivity contribution is 6.53. The van der Waals surface area contributed by atoms with Gasteiger partial charge in [0, 0.05) is 5.92 Å². The van der Waals surface area contributed by atoms with Gasteiger partial charge in [0.1, 0.15) is 9.75 Å². The third-order valence-electron chi connectivity index (χ3n) is 2.73. The molecule has 2 atom stereocenters. The quantitative estimate of drug-likeness (QED) is 0.689. The summed E-state index contributed by atoms with van der Waals surface area (Å²) in [4.78, 5) is 10.8. The van der Waals surface area contributed by atoms with Gasteiger partial charge in [-0.25, -0.2) is 0 Å². The summed E-state index contributed by atoms with van der Waals surface area (Å²) in [7, 11) is 0. The fourth-order valence-electron chi connectivity index (χ4n) is 1.66. The summed E-state index contributed by atoms with van der Waals surface area (Å²) in [5.74, 6) is -1.04. The molecule has 1 aliphatic rings. The first-order valence-corrected chi connectivity index (χ1v) is 4.28. The summed E-state index contributed by atoms with van der Waals surface area (Å²) in [5, 5.41) is 8.84. The van der Waals surface area contributed by atoms with Crippen LogP contribution in [0.25, 0.3) is 0 Å². The van der Waals surface area contributed by atoms with Gasteiger partial charge in [-0.05, 0) is 6.42 Å². The first kappa shape index (κ1) is 9.14. The van der Waals surface area contributed by atoms with Crippen molar-refractivity contribution in [2.75, 3.05) is 0 Å². The highest BCUT2D eigenvalue weighted by Gasteiger charge is 2.77. The molecule has 1 saturated carbocycles. The van der Waals surface area contributed by atoms with Crippen LogP contribution >= 0.6 is 23.2 Å². The molecular formula is C7H10Cl2O2. The van der Waals surface area contributed by atoms with E-state index in [9.17, 15) is 4.79 Å². The molecule has 0 amide bonds. The Bertz CT molecular complexity index is 203. The predicted octanol–water partition coefficient (Wildman–Crippen LogP) is 2.29. The minimum Gasteiger partial charge on any atom is -0.481 e. The summed E-state index contributed by atoms with van der Waals surface area (Å²) in [6.07, 6.45) is 0.483. The van der Waals surface area contributed by atoms with Gasteiger partial charge in [-0.2, -0.15) is 0 Å². The smallest absolute Gasteiger partial charge is 0.313 e. The third kappa shape index (κ3) is 0.828. The van der Waals surface area contributed by atoms with E-state index in [0.717, 1.165) is 0 Å². The molecule has 1 fully saturated rings. The number of hydrogen-bond acceptors (Lipinski definition) is 1. The topological polar surface area (TPSA) is 37.3 Å². The Labute approximate surface area is 75.5 Å². The Morgan fingerprint density at radius 3 is 2.00 bits per heavy atom. The van der Waals surface area contributed by atoms with Crippen molar-refractivity contribution >= 4 is 29.2 Å². The van der Waals surface area contributed by atoms with E-state index in [-0.39, 0.29) is 5.92 Å². The lowest BCUT2D eigenvalue weighted by atomic mass is 10.0. The maximum Gasteiger partial charge on any atom is 0.313 e. The van der Waals surface area contributed by atoms with E-state index in [2.05, 4.69) is 0 Å². The number of carboxylic acid groups (broad SMARTS) is 1. The fourth-order valence-corrected chi connectivity index (χ4v) is 2.68. The summed E-state index contributed by atoms with van der Waals surface area (Å²) in [5.41, 5.74) is -0.907. The molecule has 0 spiro atoms. The molecule has 0 aromatic heterocycles. The van der Waals surface area contributed by atoms with Gasteiger partial charge in [0.05, 0.1) is 0 Å². The van der Waals surface area contributed by atoms with Gasteiger partial charge in [-0.15, -0.1) is 23.2 Å². The van der Waals surface area contributed by atoms with Crippen LogP contribution < -0.4 is 0 Å². The zero-order valence-electron chi connectivity index (χ0n) is 6.40. The minimum absolute atomic E-state index is 0.152. The van der Waals surface area contributed by atoms with E-state index in [1.165, 1.54) is 0 Å². The van der Waals surface area contributed by atoms with Gasteiger partial charge < -0.3 is 5.11 Å². The minimum atomic E-state index is -1.06. The molecule has 0 aliphatic heterocycles. The monoisotopic (exact) mass is 196 g/mol. The van der Waals surface area contributed by atoms with Crippen LogP contribution in [-0.2, 0) is 4.79 Å². The number of carbonyl (C=O) groups is 1. The highest BCUT2D eigenvalue weighted by Crippen LogP contribution is 2.70. The standard InChI is InChI=1S/C7H10Cl2O2/c1-3-6(5(10)11)4(2)7(6,8)9/h4H,3H2,1-2H3,(H,10,11)/t4-,6+/m1/s1. The third-order valence-corrected chi connectivity index (χ3v) is 4.06. The molecule has 0 aromatic rings. The zero-order valence-corrected chi connectivity index (χ0v) is 7.91. The van der Waals surface area contributed by atoms with Crippen molar-refractivity contribution in [3.63, 3.8) is 0 Å². The molecule has 0 heterocycles. The van der Waals surface area contributed by atoms with Gasteiger partial charge >= 0.3 is 5.97 Å². The fraction of sp³-hybridized carbons (Fsp3) is 0.857. The van der Waals surface area contributed by atoms with E-state index < -0.39 is 15.7 Å². The Hall–Kier alpha value is 0.0500. The van der Waals surface area contributed by atoms with Crippen molar-refractivity contribution in [1.29, 1.82) is 0 Å². The van der Waals surface area contributed by atoms with Crippen LogP contribution in [0.4, 0.5) is 0 Å². The maximum atomic E-state index is 10.8. The Morgan fingerprint density at radius 1 is 1.64 bits per heavy atom. The second-order valence-electron chi connectivity index (χ2n) is 2.97. The number of rotatable bonds is 2. The van der Waals surface area contributed by atoms with Gasteiger partial charge in [-0.3, -0.25) is 4.79 Å². The van der Waals surface area contributed by atoms with Crippen molar-refractivity contribution in [1.82, 2.24) is 0 Å². The lowest BCUT2D eigenvalue weighted by Crippen LogP contribution is -2.20. The van der Waals surface area contributed by atoms with Crippen LogP contribution in [0.3, 0.4) is 0 Å². The SMILES string of the molecule is CC[C@@]1(C(=O)O)[C@@H](C)C1(Cl)Cl. The molecule has 1 aliphatic carbocycles. The van der Waals surface area contributed by atoms with Crippen LogP contribution in [0.5, 0.6) is 0 Å². The molecule has 4 heteroatoms.